The monoisotopic (exact) mass is 252 g/mol. The number of hydrogen-bond donors (Lipinski definition) is 1. The van der Waals surface area contributed by atoms with Gasteiger partial charge in [-0.25, -0.2) is 0 Å². The summed E-state index contributed by atoms with van der Waals surface area (Å²) < 4.78 is 10.2. The molecule has 0 fully saturated rings. The number of pyridine rings is 1. The van der Waals surface area contributed by atoms with Crippen molar-refractivity contribution in [3.63, 3.8) is 0 Å². The number of methoxy groups -OCH3 is 1. The zero-order valence-corrected chi connectivity index (χ0v) is 11.4. The molecule has 5 nitrogen and oxygen atoms in total. The largest absolute Gasteiger partial charge is 0.496 e. The second-order valence-electron chi connectivity index (χ2n) is 3.95. The predicted molar refractivity (Wildman–Crippen MR) is 68.6 cm³/mol. The lowest BCUT2D eigenvalue weighted by Crippen LogP contribution is -2.25. The van der Waals surface area contributed by atoms with Crippen molar-refractivity contribution in [2.45, 2.75) is 27.3 Å². The molecule has 0 spiro atoms. The van der Waals surface area contributed by atoms with E-state index in [1.54, 1.807) is 20.2 Å². The van der Waals surface area contributed by atoms with Gasteiger partial charge in [-0.15, -0.1) is 0 Å². The van der Waals surface area contributed by atoms with Gasteiger partial charge >= 0.3 is 5.97 Å². The Balaban J connectivity index is 2.60. The van der Waals surface area contributed by atoms with Gasteiger partial charge in [0.25, 0.3) is 0 Å². The van der Waals surface area contributed by atoms with Gasteiger partial charge in [0.2, 0.25) is 0 Å². The van der Waals surface area contributed by atoms with Gasteiger partial charge in [0.1, 0.15) is 5.75 Å². The number of carbonyl (C=O) groups excluding carboxylic acids is 1. The summed E-state index contributed by atoms with van der Waals surface area (Å²) in [5.41, 5.74) is 2.87. The third-order valence-electron chi connectivity index (χ3n) is 2.62. The molecule has 1 heterocycles. The maximum atomic E-state index is 11.2. The Hall–Kier alpha value is -1.62. The van der Waals surface area contributed by atoms with Crippen LogP contribution in [0, 0.1) is 13.8 Å². The van der Waals surface area contributed by atoms with Crippen molar-refractivity contribution >= 4 is 5.97 Å². The molecule has 1 rings (SSSR count). The van der Waals surface area contributed by atoms with Gasteiger partial charge in [0, 0.05) is 23.9 Å². The third-order valence-corrected chi connectivity index (χ3v) is 2.62. The van der Waals surface area contributed by atoms with Crippen molar-refractivity contribution in [3.05, 3.63) is 23.0 Å². The van der Waals surface area contributed by atoms with Gasteiger partial charge in [0.05, 0.1) is 26.0 Å². The van der Waals surface area contributed by atoms with Crippen LogP contribution in [0.15, 0.2) is 6.20 Å². The topological polar surface area (TPSA) is 60.5 Å². The summed E-state index contributed by atoms with van der Waals surface area (Å²) in [6, 6.07) is 0. The van der Waals surface area contributed by atoms with Gasteiger partial charge in [-0.3, -0.25) is 9.78 Å². The molecule has 0 aliphatic carbocycles. The van der Waals surface area contributed by atoms with Crippen molar-refractivity contribution in [3.8, 4) is 5.75 Å². The number of nitrogens with one attached hydrogen (secondary N) is 1. The molecule has 0 aliphatic heterocycles. The lowest BCUT2D eigenvalue weighted by atomic mass is 10.1. The molecule has 0 bridgehead atoms. The van der Waals surface area contributed by atoms with Crippen LogP contribution in [0.2, 0.25) is 0 Å². The van der Waals surface area contributed by atoms with E-state index in [0.29, 0.717) is 13.2 Å². The standard InChI is InChI=1S/C13H20N2O3/c1-5-18-12(16)8-14-7-11-10(3)13(17-4)9(2)6-15-11/h6,14H,5,7-8H2,1-4H3. The van der Waals surface area contributed by atoms with Crippen LogP contribution in [-0.2, 0) is 16.1 Å². The Bertz CT molecular complexity index is 419. The minimum Gasteiger partial charge on any atom is -0.496 e. The van der Waals surface area contributed by atoms with Crippen LogP contribution >= 0.6 is 0 Å². The van der Waals surface area contributed by atoms with E-state index in [1.807, 2.05) is 13.8 Å². The normalized spacial score (nSPS) is 10.2. The Morgan fingerprint density at radius 2 is 2.17 bits per heavy atom. The van der Waals surface area contributed by atoms with E-state index in [1.165, 1.54) is 0 Å². The minimum atomic E-state index is -0.255. The average Bonchev–Trinajstić information content (AvgIpc) is 2.33. The molecule has 100 valence electrons. The highest BCUT2D eigenvalue weighted by Crippen LogP contribution is 2.23. The van der Waals surface area contributed by atoms with Gasteiger partial charge in [-0.2, -0.15) is 0 Å². The summed E-state index contributed by atoms with van der Waals surface area (Å²) >= 11 is 0. The van der Waals surface area contributed by atoms with Gasteiger partial charge in [0.15, 0.2) is 0 Å². The second-order valence-corrected chi connectivity index (χ2v) is 3.95. The zero-order chi connectivity index (χ0) is 13.5. The molecule has 0 aliphatic rings. The van der Waals surface area contributed by atoms with Crippen LogP contribution in [0.3, 0.4) is 0 Å². The Labute approximate surface area is 108 Å². The van der Waals surface area contributed by atoms with Crippen LogP contribution in [0.1, 0.15) is 23.7 Å². The first-order valence-electron chi connectivity index (χ1n) is 5.95. The first-order chi connectivity index (χ1) is 8.60. The summed E-state index contributed by atoms with van der Waals surface area (Å²) in [4.78, 5) is 15.5. The summed E-state index contributed by atoms with van der Waals surface area (Å²) in [6.45, 7) is 6.80. The Morgan fingerprint density at radius 3 is 2.78 bits per heavy atom. The van der Waals surface area contributed by atoms with E-state index in [-0.39, 0.29) is 12.5 Å². The van der Waals surface area contributed by atoms with Crippen molar-refractivity contribution in [2.24, 2.45) is 0 Å². The number of rotatable bonds is 6. The SMILES string of the molecule is CCOC(=O)CNCc1ncc(C)c(OC)c1C. The van der Waals surface area contributed by atoms with Crippen molar-refractivity contribution in [1.29, 1.82) is 0 Å². The predicted octanol–water partition coefficient (Wildman–Crippen LogP) is 1.36. The van der Waals surface area contributed by atoms with E-state index in [2.05, 4.69) is 10.3 Å². The fourth-order valence-electron chi connectivity index (χ4n) is 1.74. The van der Waals surface area contributed by atoms with Crippen LogP contribution in [0.4, 0.5) is 0 Å². The maximum absolute atomic E-state index is 11.2. The summed E-state index contributed by atoms with van der Waals surface area (Å²) in [7, 11) is 1.64. The van der Waals surface area contributed by atoms with Crippen LogP contribution in [-0.4, -0.2) is 31.2 Å². The smallest absolute Gasteiger partial charge is 0.319 e. The van der Waals surface area contributed by atoms with Crippen molar-refractivity contribution in [2.75, 3.05) is 20.3 Å². The fourth-order valence-corrected chi connectivity index (χ4v) is 1.74. The maximum Gasteiger partial charge on any atom is 0.319 e. The highest BCUT2D eigenvalue weighted by molar-refractivity contribution is 5.71. The molecule has 1 aromatic rings. The molecule has 5 heteroatoms. The van der Waals surface area contributed by atoms with Gasteiger partial charge in [-0.05, 0) is 20.8 Å². The number of nitrogens with zero attached hydrogens (tertiary/aromatic N) is 1. The average molecular weight is 252 g/mol. The Morgan fingerprint density at radius 1 is 1.44 bits per heavy atom. The van der Waals surface area contributed by atoms with E-state index in [9.17, 15) is 4.79 Å². The molecule has 1 N–H and O–H groups in total. The third kappa shape index (κ3) is 3.70. The summed E-state index contributed by atoms with van der Waals surface area (Å²) in [5.74, 6) is 0.590. The number of aryl methyl sites for hydroxylation is 1. The van der Waals surface area contributed by atoms with E-state index in [0.717, 1.165) is 22.6 Å². The lowest BCUT2D eigenvalue weighted by molar-refractivity contribution is -0.142. The number of esters is 1. The van der Waals surface area contributed by atoms with Crippen LogP contribution < -0.4 is 10.1 Å². The molecule has 0 radical (unpaired) electrons. The highest BCUT2D eigenvalue weighted by atomic mass is 16.5. The molecule has 0 unspecified atom stereocenters. The van der Waals surface area contributed by atoms with Crippen molar-refractivity contribution in [1.82, 2.24) is 10.3 Å². The zero-order valence-electron chi connectivity index (χ0n) is 11.4. The Kier molecular flexibility index (Phi) is 5.58. The molecular formula is C13H20N2O3. The fraction of sp³-hybridized carbons (Fsp3) is 0.538. The molecule has 0 saturated carbocycles. The van der Waals surface area contributed by atoms with Crippen molar-refractivity contribution < 1.29 is 14.3 Å². The van der Waals surface area contributed by atoms with Crippen LogP contribution in [0.5, 0.6) is 5.75 Å². The number of hydrogen-bond acceptors (Lipinski definition) is 5. The molecule has 0 amide bonds. The van der Waals surface area contributed by atoms with Gasteiger partial charge in [-0.1, -0.05) is 0 Å². The van der Waals surface area contributed by atoms with E-state index < -0.39 is 0 Å². The molecular weight excluding hydrogens is 232 g/mol. The molecule has 0 saturated heterocycles. The number of carbonyl (C=O) groups is 1. The molecule has 18 heavy (non-hydrogen) atoms. The van der Waals surface area contributed by atoms with E-state index in [4.69, 9.17) is 9.47 Å². The minimum absolute atomic E-state index is 0.186. The molecule has 1 aromatic heterocycles. The second kappa shape index (κ2) is 6.96. The van der Waals surface area contributed by atoms with Crippen LogP contribution in [0.25, 0.3) is 0 Å². The molecule has 0 aromatic carbocycles. The number of ether oxygens (including phenoxy) is 2. The lowest BCUT2D eigenvalue weighted by Gasteiger charge is -2.12. The number of aromatic nitrogens is 1. The highest BCUT2D eigenvalue weighted by Gasteiger charge is 2.09. The van der Waals surface area contributed by atoms with Gasteiger partial charge < -0.3 is 14.8 Å². The molecule has 0 atom stereocenters. The quantitative estimate of drug-likeness (QED) is 0.775. The summed E-state index contributed by atoms with van der Waals surface area (Å²) in [6.07, 6.45) is 1.77. The first-order valence-corrected chi connectivity index (χ1v) is 5.95. The summed E-state index contributed by atoms with van der Waals surface area (Å²) in [5, 5.41) is 3.01. The first kappa shape index (κ1) is 14.4. The van der Waals surface area contributed by atoms with E-state index >= 15 is 0 Å².